The minimum absolute atomic E-state index is 0.0391. The van der Waals surface area contributed by atoms with Crippen LogP contribution in [-0.4, -0.2) is 14.9 Å². The summed E-state index contributed by atoms with van der Waals surface area (Å²) in [6.45, 7) is 11.4. The molecule has 0 fully saturated rings. The third-order valence-electron chi connectivity index (χ3n) is 3.77. The molecular formula is C19H24BrN3S. The van der Waals surface area contributed by atoms with Crippen molar-refractivity contribution in [1.29, 1.82) is 0 Å². The van der Waals surface area contributed by atoms with Crippen LogP contribution in [0.2, 0.25) is 0 Å². The Morgan fingerprint density at radius 2 is 1.92 bits per heavy atom. The lowest BCUT2D eigenvalue weighted by Crippen LogP contribution is -2.36. The van der Waals surface area contributed by atoms with Gasteiger partial charge in [0.2, 0.25) is 0 Å². The van der Waals surface area contributed by atoms with Crippen molar-refractivity contribution >= 4 is 38.7 Å². The van der Waals surface area contributed by atoms with Crippen molar-refractivity contribution in [1.82, 2.24) is 9.38 Å². The summed E-state index contributed by atoms with van der Waals surface area (Å²) in [6, 6.07) is 8.28. The van der Waals surface area contributed by atoms with Crippen molar-refractivity contribution < 1.29 is 0 Å². The minimum Gasteiger partial charge on any atom is -0.364 e. The van der Waals surface area contributed by atoms with Crippen LogP contribution in [0.1, 0.15) is 41.0 Å². The molecule has 0 aromatic carbocycles. The van der Waals surface area contributed by atoms with E-state index >= 15 is 0 Å². The predicted molar refractivity (Wildman–Crippen MR) is 108 cm³/mol. The summed E-state index contributed by atoms with van der Waals surface area (Å²) in [7, 11) is 0. The van der Waals surface area contributed by atoms with Crippen molar-refractivity contribution in [2.24, 2.45) is 5.41 Å². The Bertz CT molecular complexity index is 841. The SMILES string of the molecule is CC(C)(C)CC(C)(C)Nc1c(-c2cccs2)nc2ccc(Br)cn12. The average Bonchev–Trinajstić information content (AvgIpc) is 3.04. The summed E-state index contributed by atoms with van der Waals surface area (Å²) in [4.78, 5) is 6.05. The van der Waals surface area contributed by atoms with Crippen molar-refractivity contribution in [3.8, 4) is 10.6 Å². The van der Waals surface area contributed by atoms with E-state index in [0.29, 0.717) is 0 Å². The summed E-state index contributed by atoms with van der Waals surface area (Å²) in [5.41, 5.74) is 2.18. The molecule has 0 aliphatic carbocycles. The third kappa shape index (κ3) is 3.83. The zero-order valence-corrected chi connectivity index (χ0v) is 17.3. The van der Waals surface area contributed by atoms with Crippen molar-refractivity contribution in [2.75, 3.05) is 5.32 Å². The van der Waals surface area contributed by atoms with Crippen LogP contribution in [0.25, 0.3) is 16.2 Å². The molecule has 0 saturated carbocycles. The first-order valence-electron chi connectivity index (χ1n) is 8.14. The molecule has 3 nitrogen and oxygen atoms in total. The fourth-order valence-corrected chi connectivity index (χ4v) is 4.47. The number of imidazole rings is 1. The standard InChI is InChI=1S/C19H24BrN3S/c1-18(2,3)12-19(4,5)22-17-16(14-7-6-10-24-14)21-15-9-8-13(20)11-23(15)17/h6-11,22H,12H2,1-5H3. The molecule has 0 amide bonds. The van der Waals surface area contributed by atoms with Gasteiger partial charge in [-0.05, 0) is 65.2 Å². The van der Waals surface area contributed by atoms with E-state index in [1.807, 2.05) is 12.1 Å². The maximum absolute atomic E-state index is 4.87. The lowest BCUT2D eigenvalue weighted by molar-refractivity contribution is 0.302. The lowest BCUT2D eigenvalue weighted by atomic mass is 9.82. The van der Waals surface area contributed by atoms with E-state index in [-0.39, 0.29) is 11.0 Å². The Labute approximate surface area is 156 Å². The molecular weight excluding hydrogens is 382 g/mol. The fraction of sp³-hybridized carbons (Fsp3) is 0.421. The topological polar surface area (TPSA) is 29.3 Å². The Hall–Kier alpha value is -1.33. The van der Waals surface area contributed by atoms with Crippen LogP contribution in [0, 0.1) is 5.41 Å². The Balaban J connectivity index is 2.11. The van der Waals surface area contributed by atoms with E-state index in [0.717, 1.165) is 28.1 Å². The molecule has 0 aliphatic heterocycles. The van der Waals surface area contributed by atoms with Crippen LogP contribution in [0.3, 0.4) is 0 Å². The molecule has 0 spiro atoms. The molecule has 3 aromatic rings. The van der Waals surface area contributed by atoms with Gasteiger partial charge in [0.05, 0.1) is 4.88 Å². The number of nitrogens with zero attached hydrogens (tertiary/aromatic N) is 2. The molecule has 0 saturated heterocycles. The quantitative estimate of drug-likeness (QED) is 0.539. The summed E-state index contributed by atoms with van der Waals surface area (Å²) in [5, 5.41) is 5.86. The number of hydrogen-bond donors (Lipinski definition) is 1. The minimum atomic E-state index is -0.0391. The van der Waals surface area contributed by atoms with Crippen LogP contribution >= 0.6 is 27.3 Å². The highest BCUT2D eigenvalue weighted by atomic mass is 79.9. The Morgan fingerprint density at radius 1 is 1.17 bits per heavy atom. The monoisotopic (exact) mass is 405 g/mol. The van der Waals surface area contributed by atoms with Gasteiger partial charge >= 0.3 is 0 Å². The number of aromatic nitrogens is 2. The largest absolute Gasteiger partial charge is 0.364 e. The molecule has 0 aliphatic rings. The number of pyridine rings is 1. The second-order valence-electron chi connectivity index (χ2n) is 8.11. The molecule has 1 N–H and O–H groups in total. The molecule has 5 heteroatoms. The van der Waals surface area contributed by atoms with Crippen LogP contribution in [0.4, 0.5) is 5.82 Å². The maximum Gasteiger partial charge on any atom is 0.140 e. The van der Waals surface area contributed by atoms with E-state index < -0.39 is 0 Å². The second kappa shape index (κ2) is 6.19. The van der Waals surface area contributed by atoms with Crippen molar-refractivity contribution in [3.05, 3.63) is 40.3 Å². The van der Waals surface area contributed by atoms with Crippen molar-refractivity contribution in [3.63, 3.8) is 0 Å². The van der Waals surface area contributed by atoms with Gasteiger partial charge in [-0.1, -0.05) is 26.8 Å². The van der Waals surface area contributed by atoms with Crippen molar-refractivity contribution in [2.45, 2.75) is 46.6 Å². The molecule has 3 aromatic heterocycles. The fourth-order valence-electron chi connectivity index (χ4n) is 3.41. The smallest absolute Gasteiger partial charge is 0.140 e. The zero-order chi connectivity index (χ0) is 17.5. The highest BCUT2D eigenvalue weighted by Gasteiger charge is 2.28. The second-order valence-corrected chi connectivity index (χ2v) is 9.97. The van der Waals surface area contributed by atoms with Crippen LogP contribution in [0.5, 0.6) is 0 Å². The highest BCUT2D eigenvalue weighted by molar-refractivity contribution is 9.10. The maximum atomic E-state index is 4.87. The molecule has 24 heavy (non-hydrogen) atoms. The summed E-state index contributed by atoms with van der Waals surface area (Å²) < 4.78 is 3.19. The lowest BCUT2D eigenvalue weighted by Gasteiger charge is -2.34. The van der Waals surface area contributed by atoms with Crippen LogP contribution < -0.4 is 5.32 Å². The summed E-state index contributed by atoms with van der Waals surface area (Å²) in [5.74, 6) is 1.06. The Kier molecular flexibility index (Phi) is 4.51. The molecule has 3 heterocycles. The van der Waals surface area contributed by atoms with Crippen LogP contribution in [-0.2, 0) is 0 Å². The van der Waals surface area contributed by atoms with Gasteiger partial charge in [-0.25, -0.2) is 4.98 Å². The van der Waals surface area contributed by atoms with E-state index in [1.54, 1.807) is 11.3 Å². The summed E-state index contributed by atoms with van der Waals surface area (Å²) in [6.07, 6.45) is 3.14. The number of nitrogens with one attached hydrogen (secondary N) is 1. The number of hydrogen-bond acceptors (Lipinski definition) is 3. The highest BCUT2D eigenvalue weighted by Crippen LogP contribution is 2.36. The van der Waals surface area contributed by atoms with Gasteiger partial charge in [0, 0.05) is 16.2 Å². The first-order valence-corrected chi connectivity index (χ1v) is 9.82. The van der Waals surface area contributed by atoms with Gasteiger partial charge < -0.3 is 5.32 Å². The number of anilines is 1. The molecule has 0 atom stereocenters. The average molecular weight is 406 g/mol. The van der Waals surface area contributed by atoms with E-state index in [9.17, 15) is 0 Å². The first-order chi connectivity index (χ1) is 11.1. The Morgan fingerprint density at radius 3 is 2.54 bits per heavy atom. The third-order valence-corrected chi connectivity index (χ3v) is 5.11. The first kappa shape index (κ1) is 17.5. The van der Waals surface area contributed by atoms with E-state index in [2.05, 4.69) is 84.0 Å². The molecule has 0 unspecified atom stereocenters. The predicted octanol–water partition coefficient (Wildman–Crippen LogP) is 6.45. The van der Waals surface area contributed by atoms with Gasteiger partial charge in [0.1, 0.15) is 17.2 Å². The molecule has 0 radical (unpaired) electrons. The molecule has 128 valence electrons. The summed E-state index contributed by atoms with van der Waals surface area (Å²) >= 11 is 5.30. The van der Waals surface area contributed by atoms with Gasteiger partial charge in [-0.15, -0.1) is 11.3 Å². The molecule has 3 rings (SSSR count). The van der Waals surface area contributed by atoms with E-state index in [4.69, 9.17) is 4.98 Å². The van der Waals surface area contributed by atoms with Crippen LogP contribution in [0.15, 0.2) is 40.3 Å². The van der Waals surface area contributed by atoms with Gasteiger partial charge in [0.25, 0.3) is 0 Å². The number of halogens is 1. The number of thiophene rings is 1. The molecule has 0 bridgehead atoms. The normalized spacial score (nSPS) is 12.8. The van der Waals surface area contributed by atoms with Gasteiger partial charge in [-0.3, -0.25) is 4.40 Å². The van der Waals surface area contributed by atoms with E-state index in [1.165, 1.54) is 4.88 Å². The zero-order valence-electron chi connectivity index (χ0n) is 14.9. The van der Waals surface area contributed by atoms with Gasteiger partial charge in [-0.2, -0.15) is 0 Å². The van der Waals surface area contributed by atoms with Gasteiger partial charge in [0.15, 0.2) is 0 Å². The number of rotatable bonds is 4. The number of fused-ring (bicyclic) bond motifs is 1.